The maximum atomic E-state index is 12.9. The fraction of sp³-hybridized carbons (Fsp3) is 0.364. The average Bonchev–Trinajstić information content (AvgIpc) is 2.68. The van der Waals surface area contributed by atoms with Gasteiger partial charge < -0.3 is 9.64 Å². The Bertz CT molecular complexity index is 832. The number of hydrogen-bond donors (Lipinski definition) is 0. The molecule has 1 amide bonds. The molecule has 142 valence electrons. The zero-order chi connectivity index (χ0) is 19.4. The lowest BCUT2D eigenvalue weighted by atomic mass is 9.93. The largest absolute Gasteiger partial charge is 0.497 e. The Balaban J connectivity index is 1.55. The molecule has 1 unspecified atom stereocenters. The summed E-state index contributed by atoms with van der Waals surface area (Å²) in [5.74, 6) is 0.474. The molecule has 27 heavy (non-hydrogen) atoms. The summed E-state index contributed by atoms with van der Waals surface area (Å²) >= 11 is 0. The molecule has 0 bridgehead atoms. The van der Waals surface area contributed by atoms with Crippen molar-refractivity contribution in [2.24, 2.45) is 0 Å². The van der Waals surface area contributed by atoms with Gasteiger partial charge in [0, 0.05) is 24.9 Å². The molecule has 0 fully saturated rings. The Morgan fingerprint density at radius 2 is 1.89 bits per heavy atom. The van der Waals surface area contributed by atoms with Gasteiger partial charge in [-0.2, -0.15) is 0 Å². The molecule has 1 atom stereocenters. The van der Waals surface area contributed by atoms with E-state index >= 15 is 0 Å². The minimum atomic E-state index is -0.362. The molecule has 0 N–H and O–H groups in total. The number of nitrogens with zero attached hydrogens (tertiary/aromatic N) is 1. The van der Waals surface area contributed by atoms with Crippen molar-refractivity contribution in [2.45, 2.75) is 38.6 Å². The highest BCUT2D eigenvalue weighted by atomic mass is 19.1. The van der Waals surface area contributed by atoms with Crippen LogP contribution in [0.25, 0.3) is 0 Å². The van der Waals surface area contributed by atoms with Crippen molar-refractivity contribution in [3.63, 3.8) is 0 Å². The van der Waals surface area contributed by atoms with Gasteiger partial charge in [0.2, 0.25) is 5.91 Å². The molecule has 4 nitrogen and oxygen atoms in total. The number of hydrogen-bond acceptors (Lipinski definition) is 3. The second kappa shape index (κ2) is 8.33. The molecule has 2 aromatic rings. The van der Waals surface area contributed by atoms with E-state index in [9.17, 15) is 14.0 Å². The number of amides is 1. The highest BCUT2D eigenvalue weighted by Gasteiger charge is 2.27. The summed E-state index contributed by atoms with van der Waals surface area (Å²) in [5, 5.41) is 0. The molecule has 0 aromatic heterocycles. The van der Waals surface area contributed by atoms with Crippen LogP contribution in [0, 0.1) is 5.82 Å². The average molecular weight is 369 g/mol. The minimum absolute atomic E-state index is 0.0138. The van der Waals surface area contributed by atoms with Crippen LogP contribution in [0.3, 0.4) is 0 Å². The molecule has 0 saturated heterocycles. The number of ketones is 1. The van der Waals surface area contributed by atoms with E-state index in [-0.39, 0.29) is 30.0 Å². The van der Waals surface area contributed by atoms with Crippen molar-refractivity contribution in [3.05, 3.63) is 65.0 Å². The summed E-state index contributed by atoms with van der Waals surface area (Å²) in [6.07, 6.45) is 1.92. The molecule has 0 spiro atoms. The zero-order valence-electron chi connectivity index (χ0n) is 15.7. The van der Waals surface area contributed by atoms with E-state index in [0.29, 0.717) is 24.9 Å². The van der Waals surface area contributed by atoms with Crippen LogP contribution in [0.15, 0.2) is 42.5 Å². The van der Waals surface area contributed by atoms with Crippen LogP contribution in [0.4, 0.5) is 4.39 Å². The molecule has 1 aliphatic rings. The lowest BCUT2D eigenvalue weighted by Crippen LogP contribution is -2.38. The first kappa shape index (κ1) is 19.1. The number of carbonyl (C=O) groups excluding carboxylic acids is 2. The van der Waals surface area contributed by atoms with Crippen LogP contribution in [-0.2, 0) is 11.2 Å². The number of benzene rings is 2. The fourth-order valence-corrected chi connectivity index (χ4v) is 3.60. The third-order valence-corrected chi connectivity index (χ3v) is 5.17. The highest BCUT2D eigenvalue weighted by Crippen LogP contribution is 2.32. The monoisotopic (exact) mass is 369 g/mol. The Morgan fingerprint density at radius 3 is 2.59 bits per heavy atom. The van der Waals surface area contributed by atoms with E-state index in [1.807, 2.05) is 30.0 Å². The number of fused-ring (bicyclic) bond motifs is 1. The molecule has 5 heteroatoms. The minimum Gasteiger partial charge on any atom is -0.497 e. The zero-order valence-corrected chi connectivity index (χ0v) is 15.7. The smallest absolute Gasteiger partial charge is 0.223 e. The lowest BCUT2D eigenvalue weighted by Gasteiger charge is -2.35. The van der Waals surface area contributed by atoms with Crippen molar-refractivity contribution < 1.29 is 18.7 Å². The van der Waals surface area contributed by atoms with E-state index in [2.05, 4.69) is 0 Å². The summed E-state index contributed by atoms with van der Waals surface area (Å²) in [4.78, 5) is 26.7. The third kappa shape index (κ3) is 4.35. The van der Waals surface area contributed by atoms with Gasteiger partial charge in [-0.25, -0.2) is 4.39 Å². The number of carbonyl (C=O) groups is 2. The molecule has 0 aliphatic carbocycles. The van der Waals surface area contributed by atoms with Gasteiger partial charge in [0.1, 0.15) is 11.6 Å². The van der Waals surface area contributed by atoms with Gasteiger partial charge in [-0.3, -0.25) is 9.59 Å². The van der Waals surface area contributed by atoms with Crippen LogP contribution < -0.4 is 4.74 Å². The maximum absolute atomic E-state index is 12.9. The van der Waals surface area contributed by atoms with E-state index in [0.717, 1.165) is 17.7 Å². The molecule has 0 radical (unpaired) electrons. The van der Waals surface area contributed by atoms with Gasteiger partial charge in [-0.15, -0.1) is 0 Å². The molecular weight excluding hydrogens is 345 g/mol. The van der Waals surface area contributed by atoms with Gasteiger partial charge in [0.25, 0.3) is 0 Å². The van der Waals surface area contributed by atoms with Gasteiger partial charge in [-0.1, -0.05) is 6.07 Å². The summed E-state index contributed by atoms with van der Waals surface area (Å²) in [7, 11) is 1.65. The SMILES string of the molecule is COc1ccc2c(c1)CCN(C(=O)CCCC(=O)c1ccc(F)cc1)C2C. The Morgan fingerprint density at radius 1 is 1.15 bits per heavy atom. The molecule has 3 rings (SSSR count). The van der Waals surface area contributed by atoms with Crippen LogP contribution >= 0.6 is 0 Å². The molecule has 1 heterocycles. The normalized spacial score (nSPS) is 16.0. The standard InChI is InChI=1S/C22H24FNO3/c1-15-20-11-10-19(27-2)14-17(20)12-13-24(15)22(26)5-3-4-21(25)16-6-8-18(23)9-7-16/h6-11,14-15H,3-5,12-13H2,1-2H3. The fourth-order valence-electron chi connectivity index (χ4n) is 3.60. The lowest BCUT2D eigenvalue weighted by molar-refractivity contribution is -0.133. The van der Waals surface area contributed by atoms with Crippen LogP contribution in [0.1, 0.15) is 53.7 Å². The highest BCUT2D eigenvalue weighted by molar-refractivity contribution is 5.96. The number of methoxy groups -OCH3 is 1. The number of halogens is 1. The Kier molecular flexibility index (Phi) is 5.89. The topological polar surface area (TPSA) is 46.6 Å². The van der Waals surface area contributed by atoms with E-state index < -0.39 is 0 Å². The first-order chi connectivity index (χ1) is 13.0. The predicted molar refractivity (Wildman–Crippen MR) is 101 cm³/mol. The quantitative estimate of drug-likeness (QED) is 0.712. The van der Waals surface area contributed by atoms with Crippen molar-refractivity contribution in [3.8, 4) is 5.75 Å². The van der Waals surface area contributed by atoms with Crippen LogP contribution in [0.2, 0.25) is 0 Å². The molecule has 2 aromatic carbocycles. The van der Waals surface area contributed by atoms with Crippen molar-refractivity contribution >= 4 is 11.7 Å². The second-order valence-electron chi connectivity index (χ2n) is 6.86. The van der Waals surface area contributed by atoms with Crippen molar-refractivity contribution in [1.29, 1.82) is 0 Å². The number of Topliss-reactive ketones (excluding diaryl/α,β-unsaturated/α-hetero) is 1. The van der Waals surface area contributed by atoms with E-state index in [1.54, 1.807) is 7.11 Å². The predicted octanol–water partition coefficient (Wildman–Crippen LogP) is 4.33. The maximum Gasteiger partial charge on any atom is 0.223 e. The van der Waals surface area contributed by atoms with Crippen LogP contribution in [0.5, 0.6) is 5.75 Å². The molecule has 1 aliphatic heterocycles. The first-order valence-corrected chi connectivity index (χ1v) is 9.24. The van der Waals surface area contributed by atoms with Gasteiger partial charge in [0.15, 0.2) is 5.78 Å². The first-order valence-electron chi connectivity index (χ1n) is 9.24. The van der Waals surface area contributed by atoms with Crippen molar-refractivity contribution in [2.75, 3.05) is 13.7 Å². The number of ether oxygens (including phenoxy) is 1. The van der Waals surface area contributed by atoms with Gasteiger partial charge in [0.05, 0.1) is 13.2 Å². The molecule has 0 saturated carbocycles. The van der Waals surface area contributed by atoms with E-state index in [4.69, 9.17) is 4.74 Å². The van der Waals surface area contributed by atoms with Gasteiger partial charge in [-0.05, 0) is 67.3 Å². The third-order valence-electron chi connectivity index (χ3n) is 5.17. The summed E-state index contributed by atoms with van der Waals surface area (Å²) in [6, 6.07) is 11.5. The van der Waals surface area contributed by atoms with Crippen molar-refractivity contribution in [1.82, 2.24) is 4.90 Å². The summed E-state index contributed by atoms with van der Waals surface area (Å²) in [6.45, 7) is 2.71. The van der Waals surface area contributed by atoms with Gasteiger partial charge >= 0.3 is 0 Å². The summed E-state index contributed by atoms with van der Waals surface area (Å²) < 4.78 is 18.2. The Hall–Kier alpha value is -2.69. The van der Waals surface area contributed by atoms with E-state index in [1.165, 1.54) is 29.8 Å². The Labute approximate surface area is 158 Å². The summed E-state index contributed by atoms with van der Waals surface area (Å²) in [5.41, 5.74) is 2.85. The van der Waals surface area contributed by atoms with Crippen LogP contribution in [-0.4, -0.2) is 30.2 Å². The second-order valence-corrected chi connectivity index (χ2v) is 6.86. The molecular formula is C22H24FNO3. The number of rotatable bonds is 6.